The topological polar surface area (TPSA) is 81.4 Å². The van der Waals surface area contributed by atoms with E-state index in [9.17, 15) is 0 Å². The summed E-state index contributed by atoms with van der Waals surface area (Å²) in [4.78, 5) is 13.2. The first kappa shape index (κ1) is 19.3. The molecule has 0 saturated carbocycles. The molecule has 3 aromatic rings. The average Bonchev–Trinajstić information content (AvgIpc) is 3.38. The quantitative estimate of drug-likeness (QED) is 0.601. The van der Waals surface area contributed by atoms with E-state index in [0.717, 1.165) is 31.0 Å². The fraction of sp³-hybridized carbons (Fsp3) is 0.400. The maximum absolute atomic E-state index is 5.96. The lowest BCUT2D eigenvalue weighted by atomic mass is 10.2. The van der Waals surface area contributed by atoms with Crippen LogP contribution in [0.2, 0.25) is 0 Å². The molecule has 9 nitrogen and oxygen atoms in total. The standard InChI is InChI=1S/C20H25N7O2/c1-25(2)12-16-10-18(28-3)13-26(16)19-11-20(22-14-21-19)29-17-6-4-15(5-7-17)27-9-8-23-24-27/h4-9,11,14,16,18H,10,12-13H2,1-3H3/t16-,18-/m0/s1. The summed E-state index contributed by atoms with van der Waals surface area (Å²) in [6, 6.07) is 9.81. The maximum Gasteiger partial charge on any atom is 0.224 e. The van der Waals surface area contributed by atoms with Gasteiger partial charge in [-0.25, -0.2) is 14.6 Å². The summed E-state index contributed by atoms with van der Waals surface area (Å²) in [6.07, 6.45) is 6.15. The maximum atomic E-state index is 5.96. The first-order valence-electron chi connectivity index (χ1n) is 9.53. The number of hydrogen-bond donors (Lipinski definition) is 0. The minimum absolute atomic E-state index is 0.198. The van der Waals surface area contributed by atoms with E-state index >= 15 is 0 Å². The van der Waals surface area contributed by atoms with Crippen molar-refractivity contribution >= 4 is 5.82 Å². The fourth-order valence-electron chi connectivity index (χ4n) is 3.60. The van der Waals surface area contributed by atoms with Gasteiger partial charge in [-0.1, -0.05) is 5.21 Å². The van der Waals surface area contributed by atoms with Gasteiger partial charge in [0, 0.05) is 32.3 Å². The highest BCUT2D eigenvalue weighted by molar-refractivity contribution is 5.45. The number of anilines is 1. The van der Waals surface area contributed by atoms with Crippen LogP contribution in [0.25, 0.3) is 5.69 Å². The Kier molecular flexibility index (Phi) is 5.68. The van der Waals surface area contributed by atoms with Gasteiger partial charge < -0.3 is 19.3 Å². The zero-order valence-corrected chi connectivity index (χ0v) is 16.8. The van der Waals surface area contributed by atoms with Gasteiger partial charge in [0.1, 0.15) is 17.9 Å². The zero-order chi connectivity index (χ0) is 20.2. The number of nitrogens with zero attached hydrogens (tertiary/aromatic N) is 7. The van der Waals surface area contributed by atoms with E-state index in [4.69, 9.17) is 9.47 Å². The molecule has 0 amide bonds. The lowest BCUT2D eigenvalue weighted by Crippen LogP contribution is -2.38. The van der Waals surface area contributed by atoms with Gasteiger partial charge in [0.15, 0.2) is 0 Å². The number of hydrogen-bond acceptors (Lipinski definition) is 8. The van der Waals surface area contributed by atoms with Crippen LogP contribution in [0.15, 0.2) is 49.1 Å². The van der Waals surface area contributed by atoms with E-state index in [2.05, 4.69) is 44.2 Å². The van der Waals surface area contributed by atoms with Crippen molar-refractivity contribution in [3.63, 3.8) is 0 Å². The van der Waals surface area contributed by atoms with Gasteiger partial charge in [0.05, 0.1) is 24.2 Å². The van der Waals surface area contributed by atoms with Crippen molar-refractivity contribution in [3.8, 4) is 17.3 Å². The predicted molar refractivity (Wildman–Crippen MR) is 109 cm³/mol. The molecule has 2 atom stereocenters. The summed E-state index contributed by atoms with van der Waals surface area (Å²) in [5.74, 6) is 2.05. The molecule has 4 rings (SSSR count). The second kappa shape index (κ2) is 8.54. The zero-order valence-electron chi connectivity index (χ0n) is 16.8. The molecule has 29 heavy (non-hydrogen) atoms. The highest BCUT2D eigenvalue weighted by atomic mass is 16.5. The molecule has 1 aliphatic rings. The molecule has 0 radical (unpaired) electrons. The van der Waals surface area contributed by atoms with Crippen molar-refractivity contribution < 1.29 is 9.47 Å². The van der Waals surface area contributed by atoms with Crippen LogP contribution in [0.4, 0.5) is 5.82 Å². The molecule has 1 saturated heterocycles. The van der Waals surface area contributed by atoms with E-state index in [0.29, 0.717) is 17.7 Å². The fourth-order valence-corrected chi connectivity index (χ4v) is 3.60. The van der Waals surface area contributed by atoms with Crippen LogP contribution >= 0.6 is 0 Å². The molecule has 3 heterocycles. The predicted octanol–water partition coefficient (Wildman–Crippen LogP) is 2.00. The smallest absolute Gasteiger partial charge is 0.224 e. The van der Waals surface area contributed by atoms with Crippen LogP contribution in [0, 0.1) is 0 Å². The Morgan fingerprint density at radius 2 is 2.00 bits per heavy atom. The highest BCUT2D eigenvalue weighted by Crippen LogP contribution is 2.29. The molecule has 2 aromatic heterocycles. The Hall–Kier alpha value is -3.04. The first-order chi connectivity index (χ1) is 14.1. The van der Waals surface area contributed by atoms with E-state index < -0.39 is 0 Å². The molecule has 0 aliphatic carbocycles. The number of rotatable bonds is 7. The molecule has 0 unspecified atom stereocenters. The molecule has 1 aliphatic heterocycles. The third-order valence-corrected chi connectivity index (χ3v) is 4.95. The highest BCUT2D eigenvalue weighted by Gasteiger charge is 2.33. The summed E-state index contributed by atoms with van der Waals surface area (Å²) in [5, 5.41) is 7.80. The number of ether oxygens (including phenoxy) is 2. The van der Waals surface area contributed by atoms with Gasteiger partial charge in [-0.05, 0) is 44.8 Å². The Morgan fingerprint density at radius 3 is 2.69 bits per heavy atom. The Balaban J connectivity index is 1.49. The molecule has 1 fully saturated rings. The van der Waals surface area contributed by atoms with Crippen LogP contribution < -0.4 is 9.64 Å². The van der Waals surface area contributed by atoms with Gasteiger partial charge in [-0.15, -0.1) is 5.10 Å². The van der Waals surface area contributed by atoms with Crippen LogP contribution in [0.3, 0.4) is 0 Å². The minimum atomic E-state index is 0.198. The van der Waals surface area contributed by atoms with Crippen LogP contribution in [0.1, 0.15) is 6.42 Å². The monoisotopic (exact) mass is 395 g/mol. The molecule has 9 heteroatoms. The van der Waals surface area contributed by atoms with Crippen LogP contribution in [-0.4, -0.2) is 76.3 Å². The Bertz CT molecular complexity index is 915. The number of methoxy groups -OCH3 is 1. The Labute approximate surface area is 169 Å². The lowest BCUT2D eigenvalue weighted by molar-refractivity contribution is 0.117. The van der Waals surface area contributed by atoms with Gasteiger partial charge >= 0.3 is 0 Å². The normalized spacial score (nSPS) is 19.1. The third kappa shape index (κ3) is 4.52. The third-order valence-electron chi connectivity index (χ3n) is 4.95. The molecular weight excluding hydrogens is 370 g/mol. The number of aromatic nitrogens is 5. The summed E-state index contributed by atoms with van der Waals surface area (Å²) in [5.41, 5.74) is 0.910. The molecule has 0 spiro atoms. The van der Waals surface area contributed by atoms with E-state index in [1.54, 1.807) is 30.5 Å². The summed E-state index contributed by atoms with van der Waals surface area (Å²) < 4.78 is 13.2. The van der Waals surface area contributed by atoms with Crippen molar-refractivity contribution in [2.75, 3.05) is 39.2 Å². The Morgan fingerprint density at radius 1 is 1.17 bits per heavy atom. The van der Waals surface area contributed by atoms with Crippen molar-refractivity contribution in [1.29, 1.82) is 0 Å². The molecule has 0 N–H and O–H groups in total. The minimum Gasteiger partial charge on any atom is -0.439 e. The van der Waals surface area contributed by atoms with Gasteiger partial charge in [-0.3, -0.25) is 0 Å². The van der Waals surface area contributed by atoms with E-state index in [-0.39, 0.29) is 6.10 Å². The lowest BCUT2D eigenvalue weighted by Gasteiger charge is -2.27. The van der Waals surface area contributed by atoms with Crippen molar-refractivity contribution in [2.45, 2.75) is 18.6 Å². The molecule has 0 bridgehead atoms. The summed E-state index contributed by atoms with van der Waals surface area (Å²) in [6.45, 7) is 1.74. The van der Waals surface area contributed by atoms with Crippen molar-refractivity contribution in [1.82, 2.24) is 29.9 Å². The number of benzene rings is 1. The van der Waals surface area contributed by atoms with Crippen LogP contribution in [-0.2, 0) is 4.74 Å². The van der Waals surface area contributed by atoms with E-state index in [1.807, 2.05) is 30.3 Å². The van der Waals surface area contributed by atoms with Crippen molar-refractivity contribution in [2.24, 2.45) is 0 Å². The van der Waals surface area contributed by atoms with Gasteiger partial charge in [0.2, 0.25) is 5.88 Å². The summed E-state index contributed by atoms with van der Waals surface area (Å²) in [7, 11) is 5.92. The molecule has 1 aromatic carbocycles. The molecular formula is C20H25N7O2. The largest absolute Gasteiger partial charge is 0.439 e. The van der Waals surface area contributed by atoms with Gasteiger partial charge in [-0.2, -0.15) is 0 Å². The molecule has 152 valence electrons. The second-order valence-electron chi connectivity index (χ2n) is 7.32. The summed E-state index contributed by atoms with van der Waals surface area (Å²) >= 11 is 0. The van der Waals surface area contributed by atoms with E-state index in [1.165, 1.54) is 0 Å². The van der Waals surface area contributed by atoms with Gasteiger partial charge in [0.25, 0.3) is 0 Å². The number of likely N-dealkylation sites (N-methyl/N-ethyl adjacent to an activating group) is 1. The first-order valence-corrected chi connectivity index (χ1v) is 9.53. The SMILES string of the molecule is CO[C@H]1C[C@@H](CN(C)C)N(c2cc(Oc3ccc(-n4ccnn4)cc3)ncn2)C1. The second-order valence-corrected chi connectivity index (χ2v) is 7.32. The van der Waals surface area contributed by atoms with Crippen molar-refractivity contribution in [3.05, 3.63) is 49.1 Å². The average molecular weight is 395 g/mol. The van der Waals surface area contributed by atoms with Crippen LogP contribution in [0.5, 0.6) is 11.6 Å².